The van der Waals surface area contributed by atoms with Crippen molar-refractivity contribution in [2.24, 2.45) is 0 Å². The van der Waals surface area contributed by atoms with Crippen molar-refractivity contribution in [2.45, 2.75) is 20.0 Å². The summed E-state index contributed by atoms with van der Waals surface area (Å²) >= 11 is 0. The first-order valence-corrected chi connectivity index (χ1v) is 3.97. The lowest BCUT2D eigenvalue weighted by Gasteiger charge is -2.12. The first-order valence-electron chi connectivity index (χ1n) is 3.97. The molecule has 0 saturated heterocycles. The van der Waals surface area contributed by atoms with Crippen LogP contribution in [0, 0.1) is 13.8 Å². The zero-order chi connectivity index (χ0) is 10.2. The summed E-state index contributed by atoms with van der Waals surface area (Å²) in [5.74, 6) is 0. The van der Waals surface area contributed by atoms with Gasteiger partial charge in [0, 0.05) is 5.56 Å². The molecule has 0 aromatic heterocycles. The molecule has 0 radical (unpaired) electrons. The zero-order valence-corrected chi connectivity index (χ0v) is 7.79. The highest BCUT2D eigenvalue weighted by Crippen LogP contribution is 2.28. The number of aryl methyl sites for hydroxylation is 2. The van der Waals surface area contributed by atoms with Gasteiger partial charge in [-0.05, 0) is 31.0 Å². The van der Waals surface area contributed by atoms with Crippen LogP contribution in [0.5, 0.6) is 0 Å². The van der Waals surface area contributed by atoms with Crippen molar-refractivity contribution in [3.8, 4) is 0 Å². The van der Waals surface area contributed by atoms with E-state index in [0.717, 1.165) is 5.56 Å². The Hall–Kier alpha value is -0.925. The van der Waals surface area contributed by atoms with Gasteiger partial charge in [-0.25, -0.2) is 0 Å². The summed E-state index contributed by atoms with van der Waals surface area (Å²) in [6.45, 7) is 3.49. The molecule has 4 heteroatoms. The van der Waals surface area contributed by atoms with Crippen LogP contribution in [0.25, 0.3) is 0 Å². The Kier molecular flexibility index (Phi) is 2.41. The van der Waals surface area contributed by atoms with Crippen LogP contribution >= 0.6 is 0 Å². The summed E-state index contributed by atoms with van der Waals surface area (Å²) in [5, 5.41) is 0. The maximum absolute atomic E-state index is 12.4. The molecule has 0 aliphatic heterocycles. The number of hydrogen-bond acceptors (Lipinski definition) is 0. The van der Waals surface area contributed by atoms with Gasteiger partial charge in [0.25, 0.3) is 0 Å². The maximum atomic E-state index is 12.4. The lowest BCUT2D eigenvalue weighted by Crippen LogP contribution is -2.20. The fourth-order valence-corrected chi connectivity index (χ4v) is 1.27. The van der Waals surface area contributed by atoms with Crippen LogP contribution < -0.4 is 5.46 Å². The van der Waals surface area contributed by atoms with Crippen LogP contribution in [-0.2, 0) is 6.18 Å². The van der Waals surface area contributed by atoms with Crippen molar-refractivity contribution in [3.63, 3.8) is 0 Å². The Balaban J connectivity index is 3.32. The SMILES string of the molecule is Bc1cc(C)c(C)cc1C(F)(F)F. The Morgan fingerprint density at radius 1 is 1.08 bits per heavy atom. The molecule has 1 rings (SSSR count). The summed E-state index contributed by atoms with van der Waals surface area (Å²) in [6.07, 6.45) is -4.23. The second-order valence-corrected chi connectivity index (χ2v) is 3.25. The predicted octanol–water partition coefficient (Wildman–Crippen LogP) is 1.58. The van der Waals surface area contributed by atoms with Crippen molar-refractivity contribution in [2.75, 3.05) is 0 Å². The molecule has 0 unspecified atom stereocenters. The van der Waals surface area contributed by atoms with Gasteiger partial charge in [-0.3, -0.25) is 0 Å². The van der Waals surface area contributed by atoms with E-state index in [-0.39, 0.29) is 5.46 Å². The molecule has 0 bridgehead atoms. The largest absolute Gasteiger partial charge is 0.415 e. The molecule has 0 N–H and O–H groups in total. The van der Waals surface area contributed by atoms with E-state index in [4.69, 9.17) is 0 Å². The van der Waals surface area contributed by atoms with Crippen LogP contribution in [0.2, 0.25) is 0 Å². The van der Waals surface area contributed by atoms with Crippen molar-refractivity contribution in [3.05, 3.63) is 28.8 Å². The first kappa shape index (κ1) is 10.2. The van der Waals surface area contributed by atoms with Crippen LogP contribution in [-0.4, -0.2) is 7.85 Å². The van der Waals surface area contributed by atoms with Gasteiger partial charge in [0.15, 0.2) is 0 Å². The number of rotatable bonds is 0. The molecule has 1 aromatic carbocycles. The van der Waals surface area contributed by atoms with Crippen molar-refractivity contribution < 1.29 is 13.2 Å². The van der Waals surface area contributed by atoms with E-state index < -0.39 is 11.7 Å². The summed E-state index contributed by atoms with van der Waals surface area (Å²) in [7, 11) is 1.48. The lowest BCUT2D eigenvalue weighted by atomic mass is 9.87. The van der Waals surface area contributed by atoms with Gasteiger partial charge < -0.3 is 0 Å². The molecule has 70 valence electrons. The van der Waals surface area contributed by atoms with Crippen LogP contribution in [0.4, 0.5) is 13.2 Å². The molecular weight excluding hydrogens is 176 g/mol. The quantitative estimate of drug-likeness (QED) is 0.539. The standard InChI is InChI=1S/C9H10BF3/c1-5-3-7(9(11,12)13)8(10)4-6(5)2/h3-4H,10H2,1-2H3. The molecule has 0 saturated carbocycles. The molecule has 0 fully saturated rings. The smallest absolute Gasteiger partial charge is 0.166 e. The molecule has 0 aliphatic rings. The van der Waals surface area contributed by atoms with E-state index in [9.17, 15) is 13.2 Å². The third-order valence-corrected chi connectivity index (χ3v) is 2.15. The highest BCUT2D eigenvalue weighted by molar-refractivity contribution is 6.33. The second-order valence-electron chi connectivity index (χ2n) is 3.25. The summed E-state index contributed by atoms with van der Waals surface area (Å²) in [4.78, 5) is 0. The van der Waals surface area contributed by atoms with E-state index in [1.54, 1.807) is 13.0 Å². The minimum absolute atomic E-state index is 0.288. The summed E-state index contributed by atoms with van der Waals surface area (Å²) < 4.78 is 37.1. The van der Waals surface area contributed by atoms with Gasteiger partial charge in [-0.1, -0.05) is 11.5 Å². The Morgan fingerprint density at radius 2 is 1.54 bits per heavy atom. The summed E-state index contributed by atoms with van der Waals surface area (Å²) in [5.41, 5.74) is 1.33. The molecule has 1 aromatic rings. The molecule has 0 aliphatic carbocycles. The van der Waals surface area contributed by atoms with Gasteiger partial charge in [0.1, 0.15) is 7.85 Å². The molecule has 0 atom stereocenters. The monoisotopic (exact) mass is 186 g/mol. The van der Waals surface area contributed by atoms with Crippen molar-refractivity contribution in [1.82, 2.24) is 0 Å². The fraction of sp³-hybridized carbons (Fsp3) is 0.333. The van der Waals surface area contributed by atoms with E-state index in [0.29, 0.717) is 5.56 Å². The average Bonchev–Trinajstić information content (AvgIpc) is 1.94. The summed E-state index contributed by atoms with van der Waals surface area (Å²) in [6, 6.07) is 2.77. The third-order valence-electron chi connectivity index (χ3n) is 2.15. The van der Waals surface area contributed by atoms with Crippen molar-refractivity contribution >= 4 is 13.3 Å². The van der Waals surface area contributed by atoms with Crippen LogP contribution in [0.1, 0.15) is 16.7 Å². The highest BCUT2D eigenvalue weighted by atomic mass is 19.4. The predicted molar refractivity (Wildman–Crippen MR) is 49.1 cm³/mol. The van der Waals surface area contributed by atoms with Crippen molar-refractivity contribution in [1.29, 1.82) is 0 Å². The average molecular weight is 186 g/mol. The van der Waals surface area contributed by atoms with Crippen LogP contribution in [0.15, 0.2) is 12.1 Å². The molecule has 0 spiro atoms. The molecule has 0 nitrogen and oxygen atoms in total. The Morgan fingerprint density at radius 3 is 2.00 bits per heavy atom. The fourth-order valence-electron chi connectivity index (χ4n) is 1.27. The minimum atomic E-state index is -4.23. The Bertz CT molecular complexity index is 328. The Labute approximate surface area is 76.2 Å². The number of hydrogen-bond donors (Lipinski definition) is 0. The van der Waals surface area contributed by atoms with Gasteiger partial charge in [0.2, 0.25) is 0 Å². The molecule has 0 amide bonds. The van der Waals surface area contributed by atoms with Gasteiger partial charge in [-0.15, -0.1) is 0 Å². The lowest BCUT2D eigenvalue weighted by molar-refractivity contribution is -0.136. The van der Waals surface area contributed by atoms with E-state index >= 15 is 0 Å². The van der Waals surface area contributed by atoms with Gasteiger partial charge in [0.05, 0.1) is 0 Å². The van der Waals surface area contributed by atoms with Crippen LogP contribution in [0.3, 0.4) is 0 Å². The first-order chi connectivity index (χ1) is 5.82. The maximum Gasteiger partial charge on any atom is 0.415 e. The normalized spacial score (nSPS) is 11.8. The topological polar surface area (TPSA) is 0 Å². The minimum Gasteiger partial charge on any atom is -0.166 e. The van der Waals surface area contributed by atoms with Gasteiger partial charge in [-0.2, -0.15) is 13.2 Å². The zero-order valence-electron chi connectivity index (χ0n) is 7.79. The number of benzene rings is 1. The molecule has 13 heavy (non-hydrogen) atoms. The molecule has 0 heterocycles. The molecular formula is C9H10BF3. The number of halogens is 3. The second kappa shape index (κ2) is 3.09. The van der Waals surface area contributed by atoms with E-state index in [1.165, 1.54) is 13.9 Å². The van der Waals surface area contributed by atoms with E-state index in [1.807, 2.05) is 6.92 Å². The highest BCUT2D eigenvalue weighted by Gasteiger charge is 2.32. The van der Waals surface area contributed by atoms with Gasteiger partial charge >= 0.3 is 6.18 Å². The van der Waals surface area contributed by atoms with E-state index in [2.05, 4.69) is 0 Å². The number of alkyl halides is 3. The third kappa shape index (κ3) is 2.05.